The Morgan fingerprint density at radius 3 is 0.962 bits per heavy atom. The van der Waals surface area contributed by atoms with Crippen LogP contribution in [0.15, 0.2) is 0 Å². The average Bonchev–Trinajstić information content (AvgIpc) is 2.24. The Balaban J connectivity index is 3.47. The van der Waals surface area contributed by atoms with Crippen molar-refractivity contribution >= 4 is 0 Å². The molecule has 1 saturated heterocycles. The predicted octanol–water partition coefficient (Wildman–Crippen LogP) is 5.11. The van der Waals surface area contributed by atoms with Crippen molar-refractivity contribution in [1.29, 1.82) is 0 Å². The second kappa shape index (κ2) is 6.72. The van der Waals surface area contributed by atoms with Gasteiger partial charge in [0.1, 0.15) is 12.2 Å². The highest BCUT2D eigenvalue weighted by Gasteiger charge is 2.62. The molecule has 0 aromatic carbocycles. The molecule has 26 heavy (non-hydrogen) atoms. The SMILES string of the molecule is CC(C)(C)CC1(O)OC(C(C)(C)C)C(O)(CC(C)(C)C)OC1C(C)(C)C. The Morgan fingerprint density at radius 2 is 0.808 bits per heavy atom. The zero-order valence-corrected chi connectivity index (χ0v) is 19.3. The van der Waals surface area contributed by atoms with Gasteiger partial charge in [0.15, 0.2) is 11.6 Å². The van der Waals surface area contributed by atoms with Gasteiger partial charge in [0, 0.05) is 12.8 Å². The predicted molar refractivity (Wildman–Crippen MR) is 107 cm³/mol. The summed E-state index contributed by atoms with van der Waals surface area (Å²) in [6.45, 7) is 24.6. The van der Waals surface area contributed by atoms with Gasteiger partial charge < -0.3 is 19.7 Å². The van der Waals surface area contributed by atoms with Gasteiger partial charge in [-0.15, -0.1) is 0 Å². The van der Waals surface area contributed by atoms with Crippen LogP contribution in [0, 0.1) is 21.7 Å². The van der Waals surface area contributed by atoms with Crippen LogP contribution in [-0.2, 0) is 9.47 Å². The molecule has 1 fully saturated rings. The summed E-state index contributed by atoms with van der Waals surface area (Å²) in [6.07, 6.45) is -0.416. The molecule has 0 amide bonds. The molecule has 1 aliphatic rings. The van der Waals surface area contributed by atoms with Gasteiger partial charge in [-0.1, -0.05) is 83.1 Å². The highest BCUT2D eigenvalue weighted by molar-refractivity contribution is 5.02. The zero-order chi connectivity index (χ0) is 21.0. The third-order valence-corrected chi connectivity index (χ3v) is 4.60. The van der Waals surface area contributed by atoms with Gasteiger partial charge in [-0.3, -0.25) is 0 Å². The first-order chi connectivity index (χ1) is 11.1. The summed E-state index contributed by atoms with van der Waals surface area (Å²) >= 11 is 0. The Hall–Kier alpha value is -0.160. The number of aliphatic hydroxyl groups is 2. The van der Waals surface area contributed by atoms with Crippen LogP contribution in [-0.4, -0.2) is 34.0 Å². The van der Waals surface area contributed by atoms with Crippen LogP contribution in [0.5, 0.6) is 0 Å². The Morgan fingerprint density at radius 1 is 0.577 bits per heavy atom. The molecule has 4 heteroatoms. The Kier molecular flexibility index (Phi) is 6.17. The van der Waals surface area contributed by atoms with E-state index in [0.29, 0.717) is 12.8 Å². The van der Waals surface area contributed by atoms with Gasteiger partial charge in [-0.05, 0) is 21.7 Å². The van der Waals surface area contributed by atoms with Crippen molar-refractivity contribution in [2.24, 2.45) is 21.7 Å². The molecule has 156 valence electrons. The van der Waals surface area contributed by atoms with E-state index >= 15 is 0 Å². The molecule has 1 aliphatic heterocycles. The fourth-order valence-electron chi connectivity index (χ4n) is 4.21. The maximum absolute atomic E-state index is 11.6. The first kappa shape index (κ1) is 23.9. The summed E-state index contributed by atoms with van der Waals surface area (Å²) in [5.41, 5.74) is -1.09. The van der Waals surface area contributed by atoms with E-state index in [2.05, 4.69) is 41.5 Å². The minimum Gasteiger partial charge on any atom is -0.363 e. The molecule has 0 aromatic rings. The van der Waals surface area contributed by atoms with E-state index in [1.807, 2.05) is 41.5 Å². The van der Waals surface area contributed by atoms with Crippen LogP contribution in [0.3, 0.4) is 0 Å². The van der Waals surface area contributed by atoms with Crippen LogP contribution >= 0.6 is 0 Å². The molecule has 1 rings (SSSR count). The van der Waals surface area contributed by atoms with Crippen molar-refractivity contribution in [3.8, 4) is 0 Å². The third kappa shape index (κ3) is 5.92. The summed E-state index contributed by atoms with van der Waals surface area (Å²) in [7, 11) is 0. The molecule has 0 aliphatic carbocycles. The van der Waals surface area contributed by atoms with Gasteiger partial charge in [-0.2, -0.15) is 0 Å². The summed E-state index contributed by atoms with van der Waals surface area (Å²) in [5.74, 6) is -2.92. The summed E-state index contributed by atoms with van der Waals surface area (Å²) < 4.78 is 12.8. The Labute approximate surface area is 161 Å². The van der Waals surface area contributed by atoms with Crippen molar-refractivity contribution < 1.29 is 19.7 Å². The fourth-order valence-corrected chi connectivity index (χ4v) is 4.21. The molecule has 0 radical (unpaired) electrons. The highest BCUT2D eigenvalue weighted by Crippen LogP contribution is 2.51. The van der Waals surface area contributed by atoms with Gasteiger partial charge in [0.2, 0.25) is 0 Å². The monoisotopic (exact) mass is 372 g/mol. The number of hydrogen-bond donors (Lipinski definition) is 2. The molecule has 0 spiro atoms. The van der Waals surface area contributed by atoms with Gasteiger partial charge in [0.05, 0.1) is 0 Å². The molecule has 2 N–H and O–H groups in total. The molecule has 4 atom stereocenters. The van der Waals surface area contributed by atoms with Crippen LogP contribution in [0.4, 0.5) is 0 Å². The molecule has 0 bridgehead atoms. The average molecular weight is 373 g/mol. The highest BCUT2D eigenvalue weighted by atomic mass is 16.7. The first-order valence-electron chi connectivity index (χ1n) is 9.90. The van der Waals surface area contributed by atoms with Crippen molar-refractivity contribution in [3.63, 3.8) is 0 Å². The quantitative estimate of drug-likeness (QED) is 0.707. The number of hydrogen-bond acceptors (Lipinski definition) is 4. The first-order valence-corrected chi connectivity index (χ1v) is 9.90. The second-order valence-corrected chi connectivity index (χ2v) is 12.9. The number of rotatable bonds is 2. The van der Waals surface area contributed by atoms with Crippen LogP contribution in [0.1, 0.15) is 95.9 Å². The maximum Gasteiger partial charge on any atom is 0.193 e. The van der Waals surface area contributed by atoms with E-state index in [4.69, 9.17) is 9.47 Å². The summed E-state index contributed by atoms with van der Waals surface area (Å²) in [4.78, 5) is 0. The van der Waals surface area contributed by atoms with Gasteiger partial charge in [-0.25, -0.2) is 0 Å². The summed E-state index contributed by atoms with van der Waals surface area (Å²) in [6, 6.07) is 0. The molecule has 0 saturated carbocycles. The van der Waals surface area contributed by atoms with Gasteiger partial charge in [0.25, 0.3) is 0 Å². The van der Waals surface area contributed by atoms with E-state index in [9.17, 15) is 10.2 Å². The second-order valence-electron chi connectivity index (χ2n) is 12.9. The smallest absolute Gasteiger partial charge is 0.193 e. The number of ether oxygens (including phenoxy) is 2. The summed E-state index contributed by atoms with van der Waals surface area (Å²) in [5, 5.41) is 23.2. The van der Waals surface area contributed by atoms with Crippen molar-refractivity contribution in [3.05, 3.63) is 0 Å². The van der Waals surface area contributed by atoms with E-state index in [0.717, 1.165) is 0 Å². The lowest BCUT2D eigenvalue weighted by atomic mass is 9.72. The lowest BCUT2D eigenvalue weighted by Gasteiger charge is -2.59. The largest absolute Gasteiger partial charge is 0.363 e. The van der Waals surface area contributed by atoms with E-state index in [1.54, 1.807) is 0 Å². The zero-order valence-electron chi connectivity index (χ0n) is 19.3. The van der Waals surface area contributed by atoms with Crippen molar-refractivity contribution in [2.75, 3.05) is 0 Å². The Bertz CT molecular complexity index is 440. The van der Waals surface area contributed by atoms with Crippen LogP contribution in [0.2, 0.25) is 0 Å². The molecule has 4 nitrogen and oxygen atoms in total. The van der Waals surface area contributed by atoms with Crippen molar-refractivity contribution in [1.82, 2.24) is 0 Å². The van der Waals surface area contributed by atoms with Gasteiger partial charge >= 0.3 is 0 Å². The van der Waals surface area contributed by atoms with Crippen LogP contribution in [0.25, 0.3) is 0 Å². The van der Waals surface area contributed by atoms with E-state index in [1.165, 1.54) is 0 Å². The lowest BCUT2D eigenvalue weighted by molar-refractivity contribution is -0.457. The fraction of sp³-hybridized carbons (Fsp3) is 1.00. The minimum atomic E-state index is -1.46. The third-order valence-electron chi connectivity index (χ3n) is 4.60. The van der Waals surface area contributed by atoms with E-state index in [-0.39, 0.29) is 10.8 Å². The maximum atomic E-state index is 11.6. The normalized spacial score (nSPS) is 34.8. The van der Waals surface area contributed by atoms with Crippen LogP contribution < -0.4 is 0 Å². The topological polar surface area (TPSA) is 58.9 Å². The molecule has 4 unspecified atom stereocenters. The molecule has 1 heterocycles. The molecule has 0 aromatic heterocycles. The van der Waals surface area contributed by atoms with E-state index < -0.39 is 34.6 Å². The van der Waals surface area contributed by atoms with Crippen molar-refractivity contribution in [2.45, 2.75) is 120 Å². The lowest BCUT2D eigenvalue weighted by Crippen LogP contribution is -2.70. The molecular formula is C22H44O4. The minimum absolute atomic E-state index is 0.149. The molecular weight excluding hydrogens is 328 g/mol. The standard InChI is InChI=1S/C22H44O4/c1-17(2,3)13-21(23)15(19(7,8)9)26-22(24,14-18(4,5)6)16(25-21)20(10,11)12/h15-16,23-24H,13-14H2,1-12H3.